The number of rotatable bonds is 6. The Balaban J connectivity index is 2.17. The molecule has 80 valence electrons. The Morgan fingerprint density at radius 3 is 2.93 bits per heavy atom. The second kappa shape index (κ2) is 5.06. The molecule has 0 amide bonds. The zero-order chi connectivity index (χ0) is 10.4. The summed E-state index contributed by atoms with van der Waals surface area (Å²) in [6, 6.07) is 0. The minimum Gasteiger partial charge on any atom is -0.343 e. The van der Waals surface area contributed by atoms with Crippen molar-refractivity contribution in [3.63, 3.8) is 0 Å². The van der Waals surface area contributed by atoms with Crippen LogP contribution in [0.5, 0.6) is 0 Å². The lowest BCUT2D eigenvalue weighted by molar-refractivity contribution is 0.407. The molecule has 0 aliphatic carbocycles. The predicted octanol–water partition coefficient (Wildman–Crippen LogP) is -0.406. The molecule has 0 aromatic carbocycles. The highest BCUT2D eigenvalue weighted by Crippen LogP contribution is 1.89. The van der Waals surface area contributed by atoms with Crippen molar-refractivity contribution in [3.05, 3.63) is 12.2 Å². The Morgan fingerprint density at radius 2 is 2.36 bits per heavy atom. The van der Waals surface area contributed by atoms with Crippen LogP contribution in [0, 0.1) is 0 Å². The van der Waals surface area contributed by atoms with E-state index < -0.39 is 9.84 Å². The van der Waals surface area contributed by atoms with Gasteiger partial charge in [-0.3, -0.25) is 0 Å². The first kappa shape index (κ1) is 11.1. The van der Waals surface area contributed by atoms with Gasteiger partial charge in [0, 0.05) is 12.3 Å². The standard InChI is InChI=1S/C7H13N3O3S/c1-2-14(11,12)4-3-8-5-7-9-6-13-10-7/h6,8H,2-5H2,1H3. The minimum atomic E-state index is -2.89. The van der Waals surface area contributed by atoms with Gasteiger partial charge in [-0.05, 0) is 0 Å². The van der Waals surface area contributed by atoms with E-state index in [4.69, 9.17) is 0 Å². The highest BCUT2D eigenvalue weighted by atomic mass is 32.2. The molecule has 1 aromatic rings. The average Bonchev–Trinajstić information content (AvgIpc) is 2.65. The van der Waals surface area contributed by atoms with E-state index in [1.165, 1.54) is 6.39 Å². The van der Waals surface area contributed by atoms with E-state index in [0.29, 0.717) is 18.9 Å². The third-order valence-corrected chi connectivity index (χ3v) is 3.43. The largest absolute Gasteiger partial charge is 0.343 e. The molecule has 0 radical (unpaired) electrons. The first-order chi connectivity index (χ1) is 6.64. The van der Waals surface area contributed by atoms with E-state index in [2.05, 4.69) is 20.0 Å². The van der Waals surface area contributed by atoms with Crippen molar-refractivity contribution in [2.75, 3.05) is 18.1 Å². The molecule has 0 atom stereocenters. The molecule has 0 bridgehead atoms. The fourth-order valence-corrected chi connectivity index (χ4v) is 1.59. The van der Waals surface area contributed by atoms with E-state index in [9.17, 15) is 8.42 Å². The molecule has 0 fully saturated rings. The molecule has 1 rings (SSSR count). The smallest absolute Gasteiger partial charge is 0.213 e. The maximum absolute atomic E-state index is 11.1. The zero-order valence-corrected chi connectivity index (χ0v) is 8.75. The summed E-state index contributed by atoms with van der Waals surface area (Å²) >= 11 is 0. The fourth-order valence-electron chi connectivity index (χ4n) is 0.843. The SMILES string of the molecule is CCS(=O)(=O)CCNCc1ncon1. The lowest BCUT2D eigenvalue weighted by Crippen LogP contribution is -2.23. The highest BCUT2D eigenvalue weighted by Gasteiger charge is 2.06. The van der Waals surface area contributed by atoms with Crippen molar-refractivity contribution in [2.45, 2.75) is 13.5 Å². The van der Waals surface area contributed by atoms with E-state index in [-0.39, 0.29) is 11.5 Å². The maximum Gasteiger partial charge on any atom is 0.213 e. The Labute approximate surface area is 82.6 Å². The minimum absolute atomic E-state index is 0.140. The molecule has 1 heterocycles. The molecule has 7 heteroatoms. The van der Waals surface area contributed by atoms with Crippen LogP contribution in [-0.2, 0) is 16.4 Å². The van der Waals surface area contributed by atoms with Gasteiger partial charge in [0.1, 0.15) is 0 Å². The van der Waals surface area contributed by atoms with Crippen LogP contribution in [0.3, 0.4) is 0 Å². The van der Waals surface area contributed by atoms with Crippen molar-refractivity contribution in [1.82, 2.24) is 15.5 Å². The van der Waals surface area contributed by atoms with Gasteiger partial charge in [-0.1, -0.05) is 12.1 Å². The van der Waals surface area contributed by atoms with Crippen LogP contribution < -0.4 is 5.32 Å². The van der Waals surface area contributed by atoms with Gasteiger partial charge in [0.05, 0.1) is 12.3 Å². The van der Waals surface area contributed by atoms with Gasteiger partial charge in [-0.25, -0.2) is 8.42 Å². The van der Waals surface area contributed by atoms with Crippen LogP contribution in [0.15, 0.2) is 10.9 Å². The topological polar surface area (TPSA) is 85.1 Å². The van der Waals surface area contributed by atoms with Gasteiger partial charge in [-0.2, -0.15) is 4.98 Å². The summed E-state index contributed by atoms with van der Waals surface area (Å²) in [5, 5.41) is 6.49. The molecule has 0 spiro atoms. The van der Waals surface area contributed by atoms with Crippen LogP contribution in [0.25, 0.3) is 0 Å². The van der Waals surface area contributed by atoms with Crippen molar-refractivity contribution in [2.24, 2.45) is 0 Å². The molecule has 14 heavy (non-hydrogen) atoms. The number of aromatic nitrogens is 2. The number of sulfone groups is 1. The van der Waals surface area contributed by atoms with Crippen molar-refractivity contribution < 1.29 is 12.9 Å². The first-order valence-electron chi connectivity index (χ1n) is 4.30. The molecule has 1 N–H and O–H groups in total. The summed E-state index contributed by atoms with van der Waals surface area (Å²) in [6.07, 6.45) is 1.24. The van der Waals surface area contributed by atoms with Crippen LogP contribution in [0.4, 0.5) is 0 Å². The zero-order valence-electron chi connectivity index (χ0n) is 7.93. The lowest BCUT2D eigenvalue weighted by atomic mass is 10.6. The van der Waals surface area contributed by atoms with Gasteiger partial charge in [0.2, 0.25) is 6.39 Å². The van der Waals surface area contributed by atoms with Crippen molar-refractivity contribution >= 4 is 9.84 Å². The number of hydrogen-bond donors (Lipinski definition) is 1. The van der Waals surface area contributed by atoms with E-state index in [0.717, 1.165) is 0 Å². The average molecular weight is 219 g/mol. The molecular weight excluding hydrogens is 206 g/mol. The predicted molar refractivity (Wildman–Crippen MR) is 50.3 cm³/mol. The Kier molecular flexibility index (Phi) is 4.02. The first-order valence-corrected chi connectivity index (χ1v) is 6.12. The second-order valence-corrected chi connectivity index (χ2v) is 5.23. The third-order valence-electron chi connectivity index (χ3n) is 1.72. The van der Waals surface area contributed by atoms with E-state index >= 15 is 0 Å². The Bertz CT molecular complexity index is 346. The van der Waals surface area contributed by atoms with Gasteiger partial charge in [-0.15, -0.1) is 0 Å². The summed E-state index contributed by atoms with van der Waals surface area (Å²) in [4.78, 5) is 3.78. The maximum atomic E-state index is 11.1. The molecule has 1 aromatic heterocycles. The monoisotopic (exact) mass is 219 g/mol. The number of nitrogens with zero attached hydrogens (tertiary/aromatic N) is 2. The van der Waals surface area contributed by atoms with Crippen LogP contribution in [-0.4, -0.2) is 36.6 Å². The molecule has 0 aliphatic rings. The summed E-state index contributed by atoms with van der Waals surface area (Å²) in [5.41, 5.74) is 0. The Morgan fingerprint density at radius 1 is 1.57 bits per heavy atom. The van der Waals surface area contributed by atoms with Gasteiger partial charge < -0.3 is 9.84 Å². The lowest BCUT2D eigenvalue weighted by Gasteiger charge is -2.01. The molecule has 0 aliphatic heterocycles. The number of hydrogen-bond acceptors (Lipinski definition) is 6. The van der Waals surface area contributed by atoms with E-state index in [1.807, 2.05) is 0 Å². The van der Waals surface area contributed by atoms with Crippen LogP contribution >= 0.6 is 0 Å². The quantitative estimate of drug-likeness (QED) is 0.655. The van der Waals surface area contributed by atoms with Crippen LogP contribution in [0.1, 0.15) is 12.7 Å². The highest BCUT2D eigenvalue weighted by molar-refractivity contribution is 7.91. The normalized spacial score (nSPS) is 11.8. The van der Waals surface area contributed by atoms with Crippen LogP contribution in [0.2, 0.25) is 0 Å². The van der Waals surface area contributed by atoms with E-state index in [1.54, 1.807) is 6.92 Å². The fraction of sp³-hybridized carbons (Fsp3) is 0.714. The molecule has 0 saturated heterocycles. The molecule has 6 nitrogen and oxygen atoms in total. The van der Waals surface area contributed by atoms with Gasteiger partial charge in [0.15, 0.2) is 15.7 Å². The second-order valence-electron chi connectivity index (χ2n) is 2.76. The molecule has 0 unspecified atom stereocenters. The number of nitrogens with one attached hydrogen (secondary N) is 1. The van der Waals surface area contributed by atoms with Gasteiger partial charge in [0.25, 0.3) is 0 Å². The van der Waals surface area contributed by atoms with Crippen molar-refractivity contribution in [3.8, 4) is 0 Å². The van der Waals surface area contributed by atoms with Gasteiger partial charge >= 0.3 is 0 Å². The Hall–Kier alpha value is -0.950. The third kappa shape index (κ3) is 3.84. The molecular formula is C7H13N3O3S. The molecule has 0 saturated carbocycles. The van der Waals surface area contributed by atoms with Crippen molar-refractivity contribution in [1.29, 1.82) is 0 Å². The summed E-state index contributed by atoms with van der Waals surface area (Å²) < 4.78 is 26.7. The summed E-state index contributed by atoms with van der Waals surface area (Å²) in [5.74, 6) is 0.844. The summed E-state index contributed by atoms with van der Waals surface area (Å²) in [7, 11) is -2.89. The summed E-state index contributed by atoms with van der Waals surface area (Å²) in [6.45, 7) is 2.47.